The van der Waals surface area contributed by atoms with Gasteiger partial charge in [-0.2, -0.15) is 0 Å². The normalized spacial score (nSPS) is 18.3. The second-order valence-electron chi connectivity index (χ2n) is 6.43. The Labute approximate surface area is 115 Å². The Kier molecular flexibility index (Phi) is 4.45. The minimum absolute atomic E-state index is 0.151. The highest BCUT2D eigenvalue weighted by Crippen LogP contribution is 2.18. The number of amides is 1. The number of amidine groups is 1. The van der Waals surface area contributed by atoms with Gasteiger partial charge in [-0.25, -0.2) is 4.79 Å². The number of carbonyl (C=O) groups is 1. The predicted molar refractivity (Wildman–Crippen MR) is 75.4 cm³/mol. The molecule has 6 heteroatoms. The summed E-state index contributed by atoms with van der Waals surface area (Å²) in [6.45, 7) is 12.0. The lowest BCUT2D eigenvalue weighted by atomic mass is 10.0. The molecule has 1 heterocycles. The fourth-order valence-corrected chi connectivity index (χ4v) is 1.94. The minimum Gasteiger partial charge on any atom is -0.444 e. The van der Waals surface area contributed by atoms with E-state index in [1.54, 1.807) is 4.90 Å². The van der Waals surface area contributed by atoms with Crippen molar-refractivity contribution in [1.82, 2.24) is 9.80 Å². The van der Waals surface area contributed by atoms with Crippen molar-refractivity contribution in [3.8, 4) is 0 Å². The lowest BCUT2D eigenvalue weighted by molar-refractivity contribution is 0.00847. The fourth-order valence-electron chi connectivity index (χ4n) is 1.94. The van der Waals surface area contributed by atoms with Crippen LogP contribution in [-0.4, -0.2) is 59.0 Å². The molecular weight excluding hydrogens is 244 g/mol. The molecule has 1 fully saturated rings. The predicted octanol–water partition coefficient (Wildman–Crippen LogP) is 1.25. The number of piperazine rings is 1. The first-order valence-electron chi connectivity index (χ1n) is 6.61. The van der Waals surface area contributed by atoms with Gasteiger partial charge in [0.05, 0.1) is 5.54 Å². The third-order valence-corrected chi connectivity index (χ3v) is 3.38. The molecular formula is C13H26N4O2. The quantitative estimate of drug-likeness (QED) is 0.584. The van der Waals surface area contributed by atoms with E-state index in [1.807, 2.05) is 34.6 Å². The highest BCUT2D eigenvalue weighted by molar-refractivity contribution is 5.86. The molecule has 0 bridgehead atoms. The molecule has 0 spiro atoms. The van der Waals surface area contributed by atoms with Crippen molar-refractivity contribution in [2.24, 2.45) is 5.73 Å². The van der Waals surface area contributed by atoms with Crippen LogP contribution in [0.25, 0.3) is 0 Å². The number of carbonyl (C=O) groups excluding carboxylic acids is 1. The van der Waals surface area contributed by atoms with Crippen molar-refractivity contribution in [2.45, 2.75) is 45.8 Å². The SMILES string of the molecule is CC(C)(C)OC(=O)N1CCN(C(C)(C)C(=N)N)CC1. The molecule has 1 aliphatic heterocycles. The van der Waals surface area contributed by atoms with Crippen LogP contribution in [0.5, 0.6) is 0 Å². The summed E-state index contributed by atoms with van der Waals surface area (Å²) in [5.74, 6) is 0.151. The Balaban J connectivity index is 2.54. The first-order valence-corrected chi connectivity index (χ1v) is 6.61. The maximum Gasteiger partial charge on any atom is 0.410 e. The number of ether oxygens (including phenoxy) is 1. The molecule has 0 aromatic rings. The summed E-state index contributed by atoms with van der Waals surface area (Å²) in [4.78, 5) is 15.7. The molecule has 19 heavy (non-hydrogen) atoms. The van der Waals surface area contributed by atoms with E-state index < -0.39 is 11.1 Å². The van der Waals surface area contributed by atoms with Gasteiger partial charge in [-0.05, 0) is 34.6 Å². The van der Waals surface area contributed by atoms with E-state index in [-0.39, 0.29) is 11.9 Å². The number of hydrogen-bond acceptors (Lipinski definition) is 4. The van der Waals surface area contributed by atoms with E-state index in [2.05, 4.69) is 4.90 Å². The van der Waals surface area contributed by atoms with Crippen molar-refractivity contribution in [3.63, 3.8) is 0 Å². The zero-order chi connectivity index (χ0) is 14.8. The Hall–Kier alpha value is -1.30. The van der Waals surface area contributed by atoms with Crippen molar-refractivity contribution in [3.05, 3.63) is 0 Å². The van der Waals surface area contributed by atoms with Crippen LogP contribution in [-0.2, 0) is 4.74 Å². The smallest absolute Gasteiger partial charge is 0.410 e. The monoisotopic (exact) mass is 270 g/mol. The molecule has 3 N–H and O–H groups in total. The molecule has 6 nitrogen and oxygen atoms in total. The summed E-state index contributed by atoms with van der Waals surface area (Å²) in [6, 6.07) is 0. The van der Waals surface area contributed by atoms with Gasteiger partial charge in [-0.3, -0.25) is 10.3 Å². The van der Waals surface area contributed by atoms with Crippen molar-refractivity contribution in [2.75, 3.05) is 26.2 Å². The Bertz CT molecular complexity index is 352. The van der Waals surface area contributed by atoms with Gasteiger partial charge in [-0.15, -0.1) is 0 Å². The van der Waals surface area contributed by atoms with Crippen LogP contribution < -0.4 is 5.73 Å². The Morgan fingerprint density at radius 2 is 1.58 bits per heavy atom. The van der Waals surface area contributed by atoms with Crippen molar-refractivity contribution < 1.29 is 9.53 Å². The van der Waals surface area contributed by atoms with Crippen LogP contribution in [0.2, 0.25) is 0 Å². The van der Waals surface area contributed by atoms with Gasteiger partial charge < -0.3 is 15.4 Å². The fraction of sp³-hybridized carbons (Fsp3) is 0.846. The van der Waals surface area contributed by atoms with Crippen molar-refractivity contribution in [1.29, 1.82) is 5.41 Å². The number of nitrogens with zero attached hydrogens (tertiary/aromatic N) is 2. The average molecular weight is 270 g/mol. The first kappa shape index (κ1) is 15.8. The van der Waals surface area contributed by atoms with E-state index >= 15 is 0 Å². The van der Waals surface area contributed by atoms with Crippen LogP contribution in [0, 0.1) is 5.41 Å². The molecule has 1 aliphatic rings. The van der Waals surface area contributed by atoms with Gasteiger partial charge in [0.1, 0.15) is 11.4 Å². The van der Waals surface area contributed by atoms with Gasteiger partial charge in [0.2, 0.25) is 0 Å². The van der Waals surface area contributed by atoms with Crippen molar-refractivity contribution >= 4 is 11.9 Å². The number of hydrogen-bond donors (Lipinski definition) is 2. The molecule has 1 rings (SSSR count). The number of rotatable bonds is 2. The Morgan fingerprint density at radius 3 is 1.95 bits per heavy atom. The van der Waals surface area contributed by atoms with Gasteiger partial charge in [0.15, 0.2) is 0 Å². The van der Waals surface area contributed by atoms with Gasteiger partial charge in [0, 0.05) is 26.2 Å². The molecule has 0 radical (unpaired) electrons. The molecule has 1 saturated heterocycles. The van der Waals surface area contributed by atoms with E-state index in [9.17, 15) is 4.79 Å². The maximum atomic E-state index is 11.9. The topological polar surface area (TPSA) is 82.7 Å². The third kappa shape index (κ3) is 4.09. The van der Waals surface area contributed by atoms with E-state index in [0.29, 0.717) is 26.2 Å². The molecule has 1 amide bonds. The van der Waals surface area contributed by atoms with E-state index in [4.69, 9.17) is 15.9 Å². The first-order chi connectivity index (χ1) is 8.54. The van der Waals surface area contributed by atoms with E-state index in [1.165, 1.54) is 0 Å². The third-order valence-electron chi connectivity index (χ3n) is 3.38. The zero-order valence-corrected chi connectivity index (χ0v) is 12.6. The molecule has 0 saturated carbocycles. The van der Waals surface area contributed by atoms with Crippen LogP contribution in [0.4, 0.5) is 4.79 Å². The largest absolute Gasteiger partial charge is 0.444 e. The molecule has 0 aromatic carbocycles. The second kappa shape index (κ2) is 5.36. The highest BCUT2D eigenvalue weighted by Gasteiger charge is 2.34. The lowest BCUT2D eigenvalue weighted by Gasteiger charge is -2.43. The van der Waals surface area contributed by atoms with Gasteiger partial charge >= 0.3 is 6.09 Å². The summed E-state index contributed by atoms with van der Waals surface area (Å²) in [5.41, 5.74) is 4.69. The molecule has 0 aliphatic carbocycles. The molecule has 0 unspecified atom stereocenters. The number of nitrogens with one attached hydrogen (secondary N) is 1. The highest BCUT2D eigenvalue weighted by atomic mass is 16.6. The summed E-state index contributed by atoms with van der Waals surface area (Å²) in [7, 11) is 0. The number of nitrogens with two attached hydrogens (primary N) is 1. The van der Waals surface area contributed by atoms with Gasteiger partial charge in [0.25, 0.3) is 0 Å². The summed E-state index contributed by atoms with van der Waals surface area (Å²) < 4.78 is 5.35. The average Bonchev–Trinajstić information content (AvgIpc) is 2.26. The zero-order valence-electron chi connectivity index (χ0n) is 12.6. The lowest BCUT2D eigenvalue weighted by Crippen LogP contribution is -2.60. The standard InChI is InChI=1S/C13H26N4O2/c1-12(2,3)19-11(18)16-6-8-17(9-7-16)13(4,5)10(14)15/h6-9H2,1-5H3,(H3,14,15). The second-order valence-corrected chi connectivity index (χ2v) is 6.43. The van der Waals surface area contributed by atoms with Crippen LogP contribution in [0.15, 0.2) is 0 Å². The van der Waals surface area contributed by atoms with Crippen LogP contribution in [0.3, 0.4) is 0 Å². The summed E-state index contributed by atoms with van der Waals surface area (Å²) >= 11 is 0. The van der Waals surface area contributed by atoms with Crippen LogP contribution in [0.1, 0.15) is 34.6 Å². The summed E-state index contributed by atoms with van der Waals surface area (Å²) in [5, 5.41) is 7.62. The van der Waals surface area contributed by atoms with Crippen LogP contribution >= 0.6 is 0 Å². The molecule has 0 atom stereocenters. The van der Waals surface area contributed by atoms with E-state index in [0.717, 1.165) is 0 Å². The Morgan fingerprint density at radius 1 is 1.11 bits per heavy atom. The maximum absolute atomic E-state index is 11.9. The summed E-state index contributed by atoms with van der Waals surface area (Å²) in [6.07, 6.45) is -0.271. The van der Waals surface area contributed by atoms with Gasteiger partial charge in [-0.1, -0.05) is 0 Å². The molecule has 110 valence electrons. The molecule has 0 aromatic heterocycles. The minimum atomic E-state index is -0.465.